The van der Waals surface area contributed by atoms with E-state index in [0.717, 1.165) is 52.2 Å². The zero-order chi connectivity index (χ0) is 24.3. The van der Waals surface area contributed by atoms with Crippen LogP contribution in [0.5, 0.6) is 0 Å². The molecule has 33 heavy (non-hydrogen) atoms. The predicted octanol–water partition coefficient (Wildman–Crippen LogP) is 3.79. The topological polar surface area (TPSA) is 78.8 Å². The van der Waals surface area contributed by atoms with Crippen molar-refractivity contribution in [2.75, 3.05) is 40.0 Å². The van der Waals surface area contributed by atoms with Crippen LogP contribution in [-0.2, 0) is 27.4 Å². The van der Waals surface area contributed by atoms with Crippen LogP contribution in [0.15, 0.2) is 46.7 Å². The van der Waals surface area contributed by atoms with Crippen LogP contribution >= 0.6 is 0 Å². The molecule has 1 N–H and O–H groups in total. The molecule has 1 aliphatic rings. The van der Waals surface area contributed by atoms with Crippen LogP contribution in [0.4, 0.5) is 0 Å². The van der Waals surface area contributed by atoms with E-state index in [1.165, 1.54) is 30.5 Å². The lowest BCUT2D eigenvalue weighted by molar-refractivity contribution is -0.118. The largest absolute Gasteiger partial charge is 0.463 e. The fraction of sp³-hybridized carbons (Fsp3) is 0.560. The fourth-order valence-corrected chi connectivity index (χ4v) is 2.99. The first-order chi connectivity index (χ1) is 16.1. The maximum atomic E-state index is 10.9. The number of aliphatic imine (C=N–C) groups is 2. The Morgan fingerprint density at radius 2 is 2.00 bits per heavy atom. The molecule has 1 fully saturated rings. The van der Waals surface area contributed by atoms with E-state index in [4.69, 9.17) is 9.47 Å². The van der Waals surface area contributed by atoms with E-state index >= 15 is 0 Å². The molecule has 1 aromatic carbocycles. The first kappa shape index (κ1) is 28.3. The molecule has 1 heterocycles. The van der Waals surface area contributed by atoms with Crippen LogP contribution in [0, 0.1) is 0 Å². The molecule has 2 rings (SSSR count). The Kier molecular flexibility index (Phi) is 15.3. The Labute approximate surface area is 199 Å². The summed E-state index contributed by atoms with van der Waals surface area (Å²) in [5.74, 6) is -0.154. The summed E-state index contributed by atoms with van der Waals surface area (Å²) in [6, 6.07) is 8.89. The molecule has 1 amide bonds. The minimum atomic E-state index is -0.154. The molecule has 184 valence electrons. The molecule has 8 nitrogen and oxygen atoms in total. The third-order valence-electron chi connectivity index (χ3n) is 4.57. The van der Waals surface area contributed by atoms with E-state index in [-0.39, 0.29) is 11.9 Å². The average Bonchev–Trinajstić information content (AvgIpc) is 2.82. The lowest BCUT2D eigenvalue weighted by atomic mass is 10.1. The van der Waals surface area contributed by atoms with Crippen LogP contribution in [-0.4, -0.2) is 68.0 Å². The number of amides is 1. The van der Waals surface area contributed by atoms with E-state index in [0.29, 0.717) is 6.61 Å². The molecule has 0 bridgehead atoms. The Bertz CT molecular complexity index is 758. The van der Waals surface area contributed by atoms with Crippen molar-refractivity contribution in [3.63, 3.8) is 0 Å². The minimum absolute atomic E-state index is 0.154. The Balaban J connectivity index is 0.00000265. The number of amidine groups is 1. The number of ether oxygens (including phenoxy) is 2. The van der Waals surface area contributed by atoms with Crippen molar-refractivity contribution < 1.29 is 14.3 Å². The molecule has 1 aliphatic heterocycles. The molecule has 0 unspecified atom stereocenters. The Morgan fingerprint density at radius 3 is 2.70 bits per heavy atom. The van der Waals surface area contributed by atoms with Gasteiger partial charge in [-0.15, -0.1) is 0 Å². The number of nitrogens with zero attached hydrogens (tertiary/aromatic N) is 4. The van der Waals surface area contributed by atoms with Crippen molar-refractivity contribution in [1.29, 1.82) is 0 Å². The molecule has 1 aromatic rings. The molecule has 1 saturated heterocycles. The lowest BCUT2D eigenvalue weighted by Crippen LogP contribution is -2.35. The highest BCUT2D eigenvalue weighted by Crippen LogP contribution is 2.11. The van der Waals surface area contributed by atoms with Gasteiger partial charge in [0.15, 0.2) is 0 Å². The third kappa shape index (κ3) is 13.4. The fourth-order valence-electron chi connectivity index (χ4n) is 2.99. The van der Waals surface area contributed by atoms with Gasteiger partial charge in [0.1, 0.15) is 0 Å². The van der Waals surface area contributed by atoms with E-state index in [2.05, 4.69) is 51.4 Å². The van der Waals surface area contributed by atoms with Gasteiger partial charge in [-0.1, -0.05) is 51.5 Å². The van der Waals surface area contributed by atoms with Gasteiger partial charge in [0, 0.05) is 52.6 Å². The molecule has 0 aliphatic carbocycles. The summed E-state index contributed by atoms with van der Waals surface area (Å²) in [6.07, 6.45) is 6.60. The Morgan fingerprint density at radius 1 is 1.27 bits per heavy atom. The van der Waals surface area contributed by atoms with E-state index in [9.17, 15) is 4.79 Å². The maximum absolute atomic E-state index is 10.9. The first-order valence-electron chi connectivity index (χ1n) is 11.8. The number of morpholine rings is 1. The summed E-state index contributed by atoms with van der Waals surface area (Å²) in [6.45, 7) is 13.3. The van der Waals surface area contributed by atoms with Crippen LogP contribution in [0.2, 0.25) is 0 Å². The molecule has 8 heteroatoms. The van der Waals surface area contributed by atoms with E-state index in [1.807, 2.05) is 25.8 Å². The number of carbonyl (C=O) groups is 1. The number of nitrogens with one attached hydrogen (secondary N) is 1. The second-order valence-corrected chi connectivity index (χ2v) is 7.50. The minimum Gasteiger partial charge on any atom is -0.463 e. The van der Waals surface area contributed by atoms with Crippen LogP contribution in [0.3, 0.4) is 0 Å². The average molecular weight is 460 g/mol. The third-order valence-corrected chi connectivity index (χ3v) is 4.57. The highest BCUT2D eigenvalue weighted by Gasteiger charge is 2.11. The second-order valence-electron chi connectivity index (χ2n) is 7.50. The molecular formula is C25H41N5O3. The SMILES string of the molecule is CC.CCCCOC(/N=C/N(C)Cc1cccc(CN2CCOCC2)c1)=N/C=C/NC(C)=O. The van der Waals surface area contributed by atoms with Gasteiger partial charge >= 0.3 is 6.02 Å². The molecule has 0 saturated carbocycles. The normalized spacial score (nSPS) is 14.8. The quantitative estimate of drug-likeness (QED) is 0.327. The number of unbranched alkanes of at least 4 members (excludes halogenated alkanes) is 1. The van der Waals surface area contributed by atoms with E-state index in [1.54, 1.807) is 6.34 Å². The molecule has 0 spiro atoms. The number of rotatable bonds is 10. The van der Waals surface area contributed by atoms with Crippen LogP contribution in [0.25, 0.3) is 0 Å². The maximum Gasteiger partial charge on any atom is 0.317 e. The number of benzene rings is 1. The number of hydrogen-bond acceptors (Lipinski definition) is 5. The highest BCUT2D eigenvalue weighted by atomic mass is 16.5. The van der Waals surface area contributed by atoms with E-state index < -0.39 is 0 Å². The van der Waals surface area contributed by atoms with Gasteiger partial charge in [-0.2, -0.15) is 4.99 Å². The van der Waals surface area contributed by atoms with Gasteiger partial charge in [0.25, 0.3) is 0 Å². The van der Waals surface area contributed by atoms with Crippen LogP contribution in [0.1, 0.15) is 51.7 Å². The second kappa shape index (κ2) is 17.8. The molecular weight excluding hydrogens is 418 g/mol. The smallest absolute Gasteiger partial charge is 0.317 e. The van der Waals surface area contributed by atoms with Gasteiger partial charge in [0.2, 0.25) is 5.91 Å². The van der Waals surface area contributed by atoms with Crippen LogP contribution < -0.4 is 5.32 Å². The zero-order valence-electron chi connectivity index (χ0n) is 20.9. The summed E-state index contributed by atoms with van der Waals surface area (Å²) in [5, 5.41) is 2.55. The monoisotopic (exact) mass is 459 g/mol. The van der Waals surface area contributed by atoms with Crippen molar-refractivity contribution in [2.24, 2.45) is 9.98 Å². The van der Waals surface area contributed by atoms with Gasteiger partial charge in [-0.3, -0.25) is 9.69 Å². The van der Waals surface area contributed by atoms with Crippen molar-refractivity contribution in [3.05, 3.63) is 47.8 Å². The Hall–Kier alpha value is -2.71. The van der Waals surface area contributed by atoms with Gasteiger partial charge < -0.3 is 19.7 Å². The van der Waals surface area contributed by atoms with Gasteiger partial charge in [-0.05, 0) is 17.5 Å². The number of carbonyl (C=O) groups excluding carboxylic acids is 1. The summed E-state index contributed by atoms with van der Waals surface area (Å²) in [5.41, 5.74) is 2.52. The highest BCUT2D eigenvalue weighted by molar-refractivity contribution is 5.83. The first-order valence-corrected chi connectivity index (χ1v) is 11.8. The zero-order valence-corrected chi connectivity index (χ0v) is 20.9. The molecule has 0 radical (unpaired) electrons. The summed E-state index contributed by atoms with van der Waals surface area (Å²) < 4.78 is 11.1. The van der Waals surface area contributed by atoms with Crippen molar-refractivity contribution in [3.8, 4) is 0 Å². The summed E-state index contributed by atoms with van der Waals surface area (Å²) in [4.78, 5) is 23.9. The number of hydrogen-bond donors (Lipinski definition) is 1. The lowest BCUT2D eigenvalue weighted by Gasteiger charge is -2.26. The summed E-state index contributed by atoms with van der Waals surface area (Å²) >= 11 is 0. The van der Waals surface area contributed by atoms with Gasteiger partial charge in [0.05, 0.1) is 26.2 Å². The van der Waals surface area contributed by atoms with Crippen molar-refractivity contribution in [2.45, 2.75) is 53.6 Å². The van der Waals surface area contributed by atoms with Crippen molar-refractivity contribution in [1.82, 2.24) is 15.1 Å². The molecule has 0 aromatic heterocycles. The summed E-state index contributed by atoms with van der Waals surface area (Å²) in [7, 11) is 1.97. The standard InChI is InChI=1S/C23H35N5O3.C2H6/c1-4-5-13-31-23(25-10-9-24-20(2)29)26-19-27(3)17-21-7-6-8-22(16-21)18-28-11-14-30-15-12-28;1-2/h6-10,16,19H,4-5,11-15,17-18H2,1-3H3,(H,24,29);1-2H3/b10-9+,25-23+,26-19+;. The van der Waals surface area contributed by atoms with Gasteiger partial charge in [-0.25, -0.2) is 4.99 Å². The predicted molar refractivity (Wildman–Crippen MR) is 135 cm³/mol. The van der Waals surface area contributed by atoms with Crippen molar-refractivity contribution >= 4 is 18.3 Å². The molecule has 0 atom stereocenters.